The molecule has 8 nitrogen and oxygen atoms in total. The van der Waals surface area contributed by atoms with Gasteiger partial charge < -0.3 is 19.7 Å². The van der Waals surface area contributed by atoms with E-state index in [4.69, 9.17) is 0 Å². The number of guanidine groups is 1. The van der Waals surface area contributed by atoms with E-state index in [9.17, 15) is 0 Å². The van der Waals surface area contributed by atoms with Crippen LogP contribution in [0.1, 0.15) is 12.2 Å². The minimum Gasteiger partial charge on any atom is -0.356 e. The van der Waals surface area contributed by atoms with Crippen LogP contribution in [-0.4, -0.2) is 70.1 Å². The number of aliphatic imine (C=N–C) groups is 1. The third-order valence-electron chi connectivity index (χ3n) is 5.31. The Kier molecular flexibility index (Phi) is 7.83. The number of fused-ring (bicyclic) bond motifs is 1. The standard InChI is InChI=1S/C21H28N8.HI/c1-17-26-18-7-3-4-8-19(18)29(17)12-6-11-23-20(22-2)27-13-15-28(16-14-27)21-24-9-5-10-25-21;/h3-5,7-10H,6,11-16H2,1-2H3,(H,22,23);1H. The van der Waals surface area contributed by atoms with Gasteiger partial charge in [-0.3, -0.25) is 4.99 Å². The van der Waals surface area contributed by atoms with Gasteiger partial charge in [0.15, 0.2) is 5.96 Å². The minimum absolute atomic E-state index is 0. The maximum Gasteiger partial charge on any atom is 0.225 e. The van der Waals surface area contributed by atoms with Gasteiger partial charge in [0.25, 0.3) is 0 Å². The van der Waals surface area contributed by atoms with Crippen molar-refractivity contribution in [2.75, 3.05) is 44.7 Å². The van der Waals surface area contributed by atoms with Crippen LogP contribution < -0.4 is 10.2 Å². The van der Waals surface area contributed by atoms with Crippen LogP contribution >= 0.6 is 24.0 Å². The Labute approximate surface area is 194 Å². The van der Waals surface area contributed by atoms with Crippen LogP contribution in [0, 0.1) is 6.92 Å². The molecule has 30 heavy (non-hydrogen) atoms. The average Bonchev–Trinajstić information content (AvgIpc) is 3.10. The molecule has 1 saturated heterocycles. The van der Waals surface area contributed by atoms with Gasteiger partial charge in [0.05, 0.1) is 11.0 Å². The van der Waals surface area contributed by atoms with Crippen LogP contribution in [0.3, 0.4) is 0 Å². The predicted octanol–water partition coefficient (Wildman–Crippen LogP) is 2.54. The highest BCUT2D eigenvalue weighted by atomic mass is 127. The molecule has 0 radical (unpaired) electrons. The summed E-state index contributed by atoms with van der Waals surface area (Å²) in [6, 6.07) is 10.2. The molecule has 1 aromatic carbocycles. The molecule has 0 spiro atoms. The number of benzene rings is 1. The minimum atomic E-state index is 0. The Bertz CT molecular complexity index is 964. The van der Waals surface area contributed by atoms with Crippen LogP contribution in [0.5, 0.6) is 0 Å². The largest absolute Gasteiger partial charge is 0.356 e. The second-order valence-electron chi connectivity index (χ2n) is 7.15. The second kappa shape index (κ2) is 10.6. The summed E-state index contributed by atoms with van der Waals surface area (Å²) < 4.78 is 2.29. The molecule has 0 amide bonds. The van der Waals surface area contributed by atoms with E-state index in [-0.39, 0.29) is 24.0 Å². The van der Waals surface area contributed by atoms with Crippen molar-refractivity contribution >= 4 is 46.9 Å². The maximum absolute atomic E-state index is 4.64. The quantitative estimate of drug-likeness (QED) is 0.241. The number of aryl methyl sites for hydroxylation is 2. The van der Waals surface area contributed by atoms with E-state index in [1.54, 1.807) is 12.4 Å². The molecule has 1 aliphatic heterocycles. The Hall–Kier alpha value is -2.43. The summed E-state index contributed by atoms with van der Waals surface area (Å²) in [5, 5.41) is 3.52. The number of para-hydroxylation sites is 2. The zero-order chi connectivity index (χ0) is 20.1. The predicted molar refractivity (Wildman–Crippen MR) is 132 cm³/mol. The van der Waals surface area contributed by atoms with Gasteiger partial charge in [0, 0.05) is 58.7 Å². The monoisotopic (exact) mass is 520 g/mol. The van der Waals surface area contributed by atoms with Crippen molar-refractivity contribution in [3.8, 4) is 0 Å². The van der Waals surface area contributed by atoms with Crippen molar-refractivity contribution in [3.05, 3.63) is 48.5 Å². The van der Waals surface area contributed by atoms with E-state index >= 15 is 0 Å². The first-order valence-electron chi connectivity index (χ1n) is 10.2. The van der Waals surface area contributed by atoms with Gasteiger partial charge in [-0.2, -0.15) is 0 Å². The lowest BCUT2D eigenvalue weighted by molar-refractivity contribution is 0.369. The van der Waals surface area contributed by atoms with Crippen molar-refractivity contribution in [1.29, 1.82) is 0 Å². The number of nitrogens with zero attached hydrogens (tertiary/aromatic N) is 7. The van der Waals surface area contributed by atoms with Crippen molar-refractivity contribution in [3.63, 3.8) is 0 Å². The van der Waals surface area contributed by atoms with Crippen LogP contribution in [0.15, 0.2) is 47.7 Å². The average molecular weight is 520 g/mol. The lowest BCUT2D eigenvalue weighted by atomic mass is 10.3. The van der Waals surface area contributed by atoms with Gasteiger partial charge in [-0.05, 0) is 31.5 Å². The highest BCUT2D eigenvalue weighted by Gasteiger charge is 2.20. The number of halogens is 1. The molecule has 0 saturated carbocycles. The van der Waals surface area contributed by atoms with Gasteiger partial charge in [-0.1, -0.05) is 12.1 Å². The fraction of sp³-hybridized carbons (Fsp3) is 0.429. The smallest absolute Gasteiger partial charge is 0.225 e. The van der Waals surface area contributed by atoms with E-state index in [2.05, 4.69) is 64.8 Å². The lowest BCUT2D eigenvalue weighted by Gasteiger charge is -2.36. The first kappa shape index (κ1) is 22.3. The lowest BCUT2D eigenvalue weighted by Crippen LogP contribution is -2.53. The van der Waals surface area contributed by atoms with Crippen LogP contribution in [-0.2, 0) is 6.54 Å². The van der Waals surface area contributed by atoms with E-state index in [1.807, 2.05) is 19.2 Å². The van der Waals surface area contributed by atoms with Gasteiger partial charge in [0.2, 0.25) is 5.95 Å². The van der Waals surface area contributed by atoms with E-state index in [0.29, 0.717) is 0 Å². The number of rotatable bonds is 5. The van der Waals surface area contributed by atoms with E-state index < -0.39 is 0 Å². The molecular formula is C21H29IN8. The summed E-state index contributed by atoms with van der Waals surface area (Å²) in [6.45, 7) is 7.49. The molecule has 1 aliphatic rings. The Morgan fingerprint density at radius 2 is 1.80 bits per heavy atom. The highest BCUT2D eigenvalue weighted by molar-refractivity contribution is 14.0. The topological polar surface area (TPSA) is 74.5 Å². The SMILES string of the molecule is CN=C(NCCCn1c(C)nc2ccccc21)N1CCN(c2ncccn2)CC1.I. The Morgan fingerprint density at radius 1 is 1.07 bits per heavy atom. The summed E-state index contributed by atoms with van der Waals surface area (Å²) in [7, 11) is 1.85. The fourth-order valence-electron chi connectivity index (χ4n) is 3.82. The zero-order valence-corrected chi connectivity index (χ0v) is 19.9. The molecule has 2 aromatic heterocycles. The number of imidazole rings is 1. The second-order valence-corrected chi connectivity index (χ2v) is 7.15. The number of nitrogens with one attached hydrogen (secondary N) is 1. The highest BCUT2D eigenvalue weighted by Crippen LogP contribution is 2.15. The van der Waals surface area contributed by atoms with Gasteiger partial charge in [-0.25, -0.2) is 15.0 Å². The molecule has 0 unspecified atom stereocenters. The number of hydrogen-bond donors (Lipinski definition) is 1. The molecule has 1 fully saturated rings. The molecule has 3 aromatic rings. The summed E-state index contributed by atoms with van der Waals surface area (Å²) >= 11 is 0. The maximum atomic E-state index is 4.64. The van der Waals surface area contributed by atoms with Crippen molar-refractivity contribution in [2.45, 2.75) is 19.9 Å². The number of aromatic nitrogens is 4. The van der Waals surface area contributed by atoms with Crippen LogP contribution in [0.4, 0.5) is 5.95 Å². The van der Waals surface area contributed by atoms with Crippen molar-refractivity contribution < 1.29 is 0 Å². The van der Waals surface area contributed by atoms with Gasteiger partial charge in [0.1, 0.15) is 5.82 Å². The summed E-state index contributed by atoms with van der Waals surface area (Å²) in [5.41, 5.74) is 2.27. The Balaban J connectivity index is 0.00000256. The van der Waals surface area contributed by atoms with E-state index in [1.165, 1.54) is 5.52 Å². The molecule has 4 rings (SSSR count). The molecule has 160 valence electrons. The number of hydrogen-bond acceptors (Lipinski definition) is 5. The molecule has 0 aliphatic carbocycles. The summed E-state index contributed by atoms with van der Waals surface area (Å²) in [6.07, 6.45) is 4.60. The molecule has 1 N–H and O–H groups in total. The molecule has 0 bridgehead atoms. The van der Waals surface area contributed by atoms with Crippen LogP contribution in [0.25, 0.3) is 11.0 Å². The normalized spacial score (nSPS) is 14.7. The fourth-order valence-corrected chi connectivity index (χ4v) is 3.82. The van der Waals surface area contributed by atoms with Gasteiger partial charge >= 0.3 is 0 Å². The first-order chi connectivity index (χ1) is 14.3. The third-order valence-corrected chi connectivity index (χ3v) is 5.31. The summed E-state index contributed by atoms with van der Waals surface area (Å²) in [4.78, 5) is 22.3. The first-order valence-corrected chi connectivity index (χ1v) is 10.2. The summed E-state index contributed by atoms with van der Waals surface area (Å²) in [5.74, 6) is 2.83. The molecule has 3 heterocycles. The Morgan fingerprint density at radius 3 is 2.53 bits per heavy atom. The third kappa shape index (κ3) is 5.00. The van der Waals surface area contributed by atoms with Crippen LogP contribution in [0.2, 0.25) is 0 Å². The molecule has 9 heteroatoms. The van der Waals surface area contributed by atoms with Crippen molar-refractivity contribution in [1.82, 2.24) is 29.7 Å². The number of anilines is 1. The van der Waals surface area contributed by atoms with Gasteiger partial charge in [-0.15, -0.1) is 24.0 Å². The number of piperazine rings is 1. The van der Waals surface area contributed by atoms with Crippen molar-refractivity contribution in [2.24, 2.45) is 4.99 Å². The molecule has 0 atom stereocenters. The molecular weight excluding hydrogens is 491 g/mol. The van der Waals surface area contributed by atoms with E-state index in [0.717, 1.165) is 68.9 Å². The zero-order valence-electron chi connectivity index (χ0n) is 17.5.